The summed E-state index contributed by atoms with van der Waals surface area (Å²) in [6.45, 7) is 13.6. The van der Waals surface area contributed by atoms with Gasteiger partial charge in [-0.05, 0) is 66.4 Å². The minimum atomic E-state index is -2.28. The van der Waals surface area contributed by atoms with Crippen LogP contribution in [0.3, 0.4) is 0 Å². The number of pyridine rings is 1. The Kier molecular flexibility index (Phi) is 11.1. The number of rotatable bonds is 14. The minimum Gasteiger partial charge on any atom is -0.496 e. The largest absolute Gasteiger partial charge is 0.496 e. The number of ether oxygens (including phenoxy) is 3. The molecule has 2 aromatic carbocycles. The second-order valence-electron chi connectivity index (χ2n) is 11.9. The molecule has 0 aliphatic heterocycles. The molecule has 222 valence electrons. The van der Waals surface area contributed by atoms with E-state index in [-0.39, 0.29) is 17.6 Å². The maximum Gasteiger partial charge on any atom is 0.307 e. The van der Waals surface area contributed by atoms with Crippen LogP contribution in [0.25, 0.3) is 0 Å². The molecule has 1 N–H and O–H groups in total. The van der Waals surface area contributed by atoms with Crippen molar-refractivity contribution in [2.45, 2.75) is 77.3 Å². The Morgan fingerprint density at radius 3 is 2.12 bits per heavy atom. The summed E-state index contributed by atoms with van der Waals surface area (Å²) >= 11 is 0. The molecule has 0 radical (unpaired) electrons. The Hall–Kier alpha value is -3.20. The van der Waals surface area contributed by atoms with Gasteiger partial charge < -0.3 is 23.7 Å². The average Bonchev–Trinajstić information content (AvgIpc) is 2.92. The zero-order chi connectivity index (χ0) is 30.2. The van der Waals surface area contributed by atoms with Gasteiger partial charge in [0.05, 0.1) is 39.5 Å². The van der Waals surface area contributed by atoms with Crippen molar-refractivity contribution in [3.63, 3.8) is 0 Å². The first-order chi connectivity index (χ1) is 19.3. The van der Waals surface area contributed by atoms with Crippen molar-refractivity contribution in [2.75, 3.05) is 20.8 Å². The summed E-state index contributed by atoms with van der Waals surface area (Å²) in [7, 11) is 1.04. The molecule has 0 saturated heterocycles. The third-order valence-electron chi connectivity index (χ3n) is 7.89. The fourth-order valence-corrected chi connectivity index (χ4v) is 5.69. The van der Waals surface area contributed by atoms with E-state index in [0.717, 1.165) is 34.7 Å². The van der Waals surface area contributed by atoms with Gasteiger partial charge in [-0.2, -0.15) is 0 Å². The molecule has 1 aromatic heterocycles. The summed E-state index contributed by atoms with van der Waals surface area (Å²) in [5, 5.41) is 9.14. The molecular weight excluding hydrogens is 534 g/mol. The van der Waals surface area contributed by atoms with E-state index < -0.39 is 20.4 Å². The Morgan fingerprint density at radius 1 is 0.976 bits per heavy atom. The molecule has 3 aromatic rings. The number of nitrogens with zero attached hydrogens (tertiary/aromatic N) is 1. The minimum absolute atomic E-state index is 0.0323. The van der Waals surface area contributed by atoms with Gasteiger partial charge >= 0.3 is 5.97 Å². The smallest absolute Gasteiger partial charge is 0.307 e. The van der Waals surface area contributed by atoms with Gasteiger partial charge in [0.2, 0.25) is 0 Å². The number of carbonyl (C=O) groups is 1. The van der Waals surface area contributed by atoms with Gasteiger partial charge in [-0.15, -0.1) is 0 Å². The van der Waals surface area contributed by atoms with Crippen molar-refractivity contribution < 1.29 is 28.5 Å². The topological polar surface area (TPSA) is 87.1 Å². The fourth-order valence-electron chi connectivity index (χ4n) is 4.41. The van der Waals surface area contributed by atoms with Gasteiger partial charge in [0.1, 0.15) is 11.5 Å². The molecule has 0 bridgehead atoms. The Balaban J connectivity index is 2.05. The highest BCUT2D eigenvalue weighted by molar-refractivity contribution is 6.74. The predicted octanol–water partition coefficient (Wildman–Crippen LogP) is 6.97. The Labute approximate surface area is 246 Å². The molecule has 8 heteroatoms. The fraction of sp³-hybridized carbons (Fsp3) is 0.455. The first-order valence-electron chi connectivity index (χ1n) is 14.1. The van der Waals surface area contributed by atoms with Crippen LogP contribution in [-0.2, 0) is 33.2 Å². The van der Waals surface area contributed by atoms with Crippen molar-refractivity contribution >= 4 is 14.3 Å². The second kappa shape index (κ2) is 14.1. The van der Waals surface area contributed by atoms with Crippen molar-refractivity contribution in [1.29, 1.82) is 0 Å². The third-order valence-corrected chi connectivity index (χ3v) is 12.3. The van der Waals surface area contributed by atoms with Gasteiger partial charge in [0, 0.05) is 23.9 Å². The lowest BCUT2D eigenvalue weighted by molar-refractivity contribution is -0.136. The first-order valence-corrected chi connectivity index (χ1v) is 17.0. The van der Waals surface area contributed by atoms with Crippen molar-refractivity contribution in [3.8, 4) is 11.5 Å². The predicted molar refractivity (Wildman–Crippen MR) is 164 cm³/mol. The van der Waals surface area contributed by atoms with Crippen molar-refractivity contribution in [1.82, 2.24) is 4.98 Å². The lowest BCUT2D eigenvalue weighted by Gasteiger charge is -2.41. The molecular formula is C33H45NO6Si. The van der Waals surface area contributed by atoms with Crippen LogP contribution in [0.1, 0.15) is 54.8 Å². The zero-order valence-electron chi connectivity index (χ0n) is 25.7. The van der Waals surface area contributed by atoms with E-state index in [1.807, 2.05) is 49.4 Å². The number of carboxylic acids is 1. The van der Waals surface area contributed by atoms with Gasteiger partial charge in [-0.25, -0.2) is 0 Å². The normalized spacial score (nSPS) is 13.5. The van der Waals surface area contributed by atoms with Crippen LogP contribution >= 0.6 is 0 Å². The number of methoxy groups -OCH3 is 2. The molecule has 2 atom stereocenters. The first kappa shape index (κ1) is 32.3. The highest BCUT2D eigenvalue weighted by Crippen LogP contribution is 2.43. The molecule has 0 fully saturated rings. The quantitative estimate of drug-likeness (QED) is 0.206. The summed E-state index contributed by atoms with van der Waals surface area (Å²) < 4.78 is 25.3. The number of benzene rings is 2. The van der Waals surface area contributed by atoms with Crippen LogP contribution in [0.2, 0.25) is 18.1 Å². The van der Waals surface area contributed by atoms with E-state index in [0.29, 0.717) is 18.6 Å². The van der Waals surface area contributed by atoms with E-state index in [1.54, 1.807) is 20.4 Å². The monoisotopic (exact) mass is 579 g/mol. The molecule has 0 spiro atoms. The second-order valence-corrected chi connectivity index (χ2v) is 16.7. The summed E-state index contributed by atoms with van der Waals surface area (Å²) in [6.07, 6.45) is 2.02. The standard InChI is InChI=1S/C33H45NO6Si/c1-23-28(37-5)19-26(20-29(23)38-6)32(40-41(7,8)33(2,3)4)30(39-17-16-24-12-10-9-11-13-24)21-27-15-14-25(22-34-27)18-31(35)36/h9-15,19-20,22,30,32H,16-18,21H2,1-8H3,(H,35,36). The van der Waals surface area contributed by atoms with Crippen LogP contribution in [0, 0.1) is 6.92 Å². The van der Waals surface area contributed by atoms with E-state index in [2.05, 4.69) is 51.0 Å². The highest BCUT2D eigenvalue weighted by Gasteiger charge is 2.42. The number of carboxylic acid groups (broad SMARTS) is 1. The molecule has 1 heterocycles. The lowest BCUT2D eigenvalue weighted by atomic mass is 9.98. The average molecular weight is 580 g/mol. The van der Waals surface area contributed by atoms with E-state index in [4.69, 9.17) is 23.7 Å². The van der Waals surface area contributed by atoms with E-state index in [1.165, 1.54) is 5.56 Å². The van der Waals surface area contributed by atoms with Crippen LogP contribution in [0.5, 0.6) is 11.5 Å². The summed E-state index contributed by atoms with van der Waals surface area (Å²) in [4.78, 5) is 15.8. The summed E-state index contributed by atoms with van der Waals surface area (Å²) in [5.41, 5.74) is 4.50. The molecule has 41 heavy (non-hydrogen) atoms. The maximum atomic E-state index is 11.2. The molecule has 3 rings (SSSR count). The zero-order valence-corrected chi connectivity index (χ0v) is 26.7. The molecule has 0 amide bonds. The number of aromatic nitrogens is 1. The maximum absolute atomic E-state index is 11.2. The van der Waals surface area contributed by atoms with Crippen LogP contribution < -0.4 is 9.47 Å². The lowest BCUT2D eigenvalue weighted by Crippen LogP contribution is -2.45. The van der Waals surface area contributed by atoms with Gasteiger partial charge in [-0.3, -0.25) is 9.78 Å². The van der Waals surface area contributed by atoms with E-state index >= 15 is 0 Å². The Morgan fingerprint density at radius 2 is 1.61 bits per heavy atom. The Bertz CT molecular complexity index is 1250. The van der Waals surface area contributed by atoms with Gasteiger partial charge in [0.25, 0.3) is 0 Å². The molecule has 0 aliphatic rings. The summed E-state index contributed by atoms with van der Waals surface area (Å²) in [6, 6.07) is 18.0. The third kappa shape index (κ3) is 8.89. The van der Waals surface area contributed by atoms with Crippen LogP contribution in [-0.4, -0.2) is 51.3 Å². The number of hydrogen-bond donors (Lipinski definition) is 1. The number of aliphatic carboxylic acids is 1. The van der Waals surface area contributed by atoms with Crippen molar-refractivity contribution in [3.05, 3.63) is 88.7 Å². The molecule has 2 unspecified atom stereocenters. The van der Waals surface area contributed by atoms with Crippen LogP contribution in [0.15, 0.2) is 60.8 Å². The van der Waals surface area contributed by atoms with E-state index in [9.17, 15) is 4.79 Å². The highest BCUT2D eigenvalue weighted by atomic mass is 28.4. The SMILES string of the molecule is COc1cc(C(O[Si](C)(C)C(C)(C)C)C(Cc2ccc(CC(=O)O)cn2)OCCc2ccccc2)cc(OC)c1C. The van der Waals surface area contributed by atoms with Gasteiger partial charge in [-0.1, -0.05) is 57.2 Å². The van der Waals surface area contributed by atoms with Crippen molar-refractivity contribution in [2.24, 2.45) is 0 Å². The molecule has 7 nitrogen and oxygen atoms in total. The van der Waals surface area contributed by atoms with Crippen LogP contribution in [0.4, 0.5) is 0 Å². The molecule has 0 saturated carbocycles. The summed E-state index contributed by atoms with van der Waals surface area (Å²) in [5.74, 6) is 0.566. The number of hydrogen-bond acceptors (Lipinski definition) is 6. The molecule has 0 aliphatic carbocycles. The van der Waals surface area contributed by atoms with Gasteiger partial charge in [0.15, 0.2) is 8.32 Å².